The molecule has 33 heavy (non-hydrogen) atoms. The average Bonchev–Trinajstić information content (AvgIpc) is 3.19. The molecule has 3 N–H and O–H groups in total. The van der Waals surface area contributed by atoms with Gasteiger partial charge in [-0.2, -0.15) is 4.98 Å². The van der Waals surface area contributed by atoms with Crippen LogP contribution < -0.4 is 16.0 Å². The Balaban J connectivity index is 1.54. The fourth-order valence-corrected chi connectivity index (χ4v) is 4.74. The van der Waals surface area contributed by atoms with E-state index in [1.54, 1.807) is 4.68 Å². The summed E-state index contributed by atoms with van der Waals surface area (Å²) in [6.07, 6.45) is 2.91. The zero-order valence-corrected chi connectivity index (χ0v) is 20.0. The van der Waals surface area contributed by atoms with Crippen LogP contribution >= 0.6 is 0 Å². The normalized spacial score (nSPS) is 17.8. The first-order valence-corrected chi connectivity index (χ1v) is 11.3. The van der Waals surface area contributed by atoms with Crippen LogP contribution in [-0.2, 0) is 0 Å². The second kappa shape index (κ2) is 8.66. The van der Waals surface area contributed by atoms with Crippen molar-refractivity contribution in [3.63, 3.8) is 0 Å². The molecule has 2 aromatic heterocycles. The molecule has 0 atom stereocenters. The average molecular weight is 454 g/mol. The van der Waals surface area contributed by atoms with Crippen molar-refractivity contribution in [2.75, 3.05) is 10.6 Å². The molecular weight excluding hydrogens is 421 g/mol. The van der Waals surface area contributed by atoms with E-state index in [9.17, 15) is 4.39 Å². The molecule has 3 heterocycles. The molecule has 0 amide bonds. The summed E-state index contributed by atoms with van der Waals surface area (Å²) in [5.41, 5.74) is 1.50. The van der Waals surface area contributed by atoms with E-state index in [0.29, 0.717) is 11.8 Å². The molecule has 176 valence electrons. The number of hydrogen-bond acceptors (Lipinski definition) is 8. The second-order valence-electron chi connectivity index (χ2n) is 10.3. The minimum Gasteiger partial charge on any atom is -0.365 e. The quantitative estimate of drug-likeness (QED) is 0.507. The summed E-state index contributed by atoms with van der Waals surface area (Å²) in [4.78, 5) is 8.55. The van der Waals surface area contributed by atoms with Crippen LogP contribution in [0.3, 0.4) is 0 Å². The maximum absolute atomic E-state index is 14.6. The van der Waals surface area contributed by atoms with Crippen LogP contribution in [0, 0.1) is 5.82 Å². The van der Waals surface area contributed by atoms with E-state index < -0.39 is 5.82 Å². The van der Waals surface area contributed by atoms with Gasteiger partial charge in [-0.25, -0.2) is 14.1 Å². The van der Waals surface area contributed by atoms with Crippen LogP contribution in [0.1, 0.15) is 60.4 Å². The van der Waals surface area contributed by atoms with Gasteiger partial charge >= 0.3 is 0 Å². The molecule has 4 rings (SSSR count). The van der Waals surface area contributed by atoms with E-state index in [4.69, 9.17) is 0 Å². The predicted octanol–water partition coefficient (Wildman–Crippen LogP) is 4.31. The van der Waals surface area contributed by atoms with Crippen molar-refractivity contribution in [3.05, 3.63) is 36.3 Å². The van der Waals surface area contributed by atoms with Gasteiger partial charge in [-0.05, 0) is 76.9 Å². The Labute approximate surface area is 193 Å². The monoisotopic (exact) mass is 453 g/mol. The molecule has 0 spiro atoms. The largest absolute Gasteiger partial charge is 0.365 e. The van der Waals surface area contributed by atoms with E-state index in [0.717, 1.165) is 24.1 Å². The number of nitrogens with one attached hydrogen (secondary N) is 3. The minimum atomic E-state index is -0.473. The SMILES string of the molecule is CC(C)n1nnnc1-c1cccc(Nc2ncc(F)c(NC3CC(C)(C)NC(C)(C)C3)n2)c1. The number of hydrogen-bond donors (Lipinski definition) is 3. The minimum absolute atomic E-state index is 0.0597. The van der Waals surface area contributed by atoms with Crippen molar-refractivity contribution < 1.29 is 4.39 Å². The molecule has 9 nitrogen and oxygen atoms in total. The summed E-state index contributed by atoms with van der Waals surface area (Å²) in [5, 5.41) is 22.1. The van der Waals surface area contributed by atoms with E-state index in [-0.39, 0.29) is 29.0 Å². The van der Waals surface area contributed by atoms with Gasteiger partial charge in [-0.1, -0.05) is 12.1 Å². The number of tetrazole rings is 1. The van der Waals surface area contributed by atoms with Crippen molar-refractivity contribution in [2.45, 2.75) is 77.5 Å². The third-order valence-corrected chi connectivity index (χ3v) is 5.63. The van der Waals surface area contributed by atoms with E-state index in [1.807, 2.05) is 38.1 Å². The fraction of sp³-hybridized carbons (Fsp3) is 0.522. The summed E-state index contributed by atoms with van der Waals surface area (Å²) in [6.45, 7) is 12.7. The van der Waals surface area contributed by atoms with Crippen LogP contribution in [0.25, 0.3) is 11.4 Å². The molecule has 1 aromatic carbocycles. The lowest BCUT2D eigenvalue weighted by Crippen LogP contribution is -2.60. The fourth-order valence-electron chi connectivity index (χ4n) is 4.74. The van der Waals surface area contributed by atoms with Gasteiger partial charge in [0.2, 0.25) is 5.95 Å². The van der Waals surface area contributed by atoms with Crippen molar-refractivity contribution in [1.82, 2.24) is 35.5 Å². The highest BCUT2D eigenvalue weighted by molar-refractivity contribution is 5.65. The number of aromatic nitrogens is 6. The first-order chi connectivity index (χ1) is 15.5. The molecule has 1 aliphatic rings. The third kappa shape index (κ3) is 5.44. The van der Waals surface area contributed by atoms with E-state index in [1.165, 1.54) is 6.20 Å². The van der Waals surface area contributed by atoms with Crippen LogP contribution in [-0.4, -0.2) is 47.3 Å². The van der Waals surface area contributed by atoms with Gasteiger partial charge < -0.3 is 16.0 Å². The van der Waals surface area contributed by atoms with Gasteiger partial charge in [0.15, 0.2) is 17.5 Å². The lowest BCUT2D eigenvalue weighted by molar-refractivity contribution is 0.170. The topological polar surface area (TPSA) is 105 Å². The summed E-state index contributed by atoms with van der Waals surface area (Å²) in [5.74, 6) is 0.713. The number of piperidine rings is 1. The molecule has 0 radical (unpaired) electrons. The van der Waals surface area contributed by atoms with Gasteiger partial charge in [0.1, 0.15) is 0 Å². The molecule has 1 saturated heterocycles. The van der Waals surface area contributed by atoms with Crippen molar-refractivity contribution in [3.8, 4) is 11.4 Å². The highest BCUT2D eigenvalue weighted by Gasteiger charge is 2.38. The summed E-state index contributed by atoms with van der Waals surface area (Å²) < 4.78 is 16.3. The van der Waals surface area contributed by atoms with Crippen molar-refractivity contribution >= 4 is 17.5 Å². The predicted molar refractivity (Wildman–Crippen MR) is 127 cm³/mol. The maximum atomic E-state index is 14.6. The van der Waals surface area contributed by atoms with Crippen LogP contribution in [0.4, 0.5) is 21.8 Å². The Hall–Kier alpha value is -3.14. The van der Waals surface area contributed by atoms with Gasteiger partial charge in [0, 0.05) is 28.4 Å². The standard InChI is InChI=1S/C23H32FN9/c1-14(2)33-20(29-31-32-33)15-8-7-9-16(10-15)27-21-25-13-18(24)19(28-21)26-17-11-22(3,4)30-23(5,6)12-17/h7-10,13-14,17,30H,11-12H2,1-6H3,(H2,25,26,27,28). The van der Waals surface area contributed by atoms with Crippen LogP contribution in [0.2, 0.25) is 0 Å². The Kier molecular flexibility index (Phi) is 6.04. The van der Waals surface area contributed by atoms with Gasteiger partial charge in [-0.3, -0.25) is 0 Å². The lowest BCUT2D eigenvalue weighted by Gasteiger charge is -2.46. The van der Waals surface area contributed by atoms with Crippen molar-refractivity contribution in [1.29, 1.82) is 0 Å². The number of nitrogens with zero attached hydrogens (tertiary/aromatic N) is 6. The molecule has 1 fully saturated rings. The number of anilines is 3. The summed E-state index contributed by atoms with van der Waals surface area (Å²) in [7, 11) is 0. The molecule has 0 aliphatic carbocycles. The molecule has 0 saturated carbocycles. The number of rotatable bonds is 6. The van der Waals surface area contributed by atoms with Gasteiger partial charge in [0.05, 0.1) is 12.2 Å². The smallest absolute Gasteiger partial charge is 0.229 e. The molecule has 10 heteroatoms. The van der Waals surface area contributed by atoms with Gasteiger partial charge in [0.25, 0.3) is 0 Å². The Morgan fingerprint density at radius 2 is 1.88 bits per heavy atom. The number of halogens is 1. The number of benzene rings is 1. The highest BCUT2D eigenvalue weighted by atomic mass is 19.1. The molecule has 1 aliphatic heterocycles. The van der Waals surface area contributed by atoms with Gasteiger partial charge in [-0.15, -0.1) is 5.10 Å². The molecule has 0 unspecified atom stereocenters. The van der Waals surface area contributed by atoms with Crippen LogP contribution in [0.15, 0.2) is 30.5 Å². The lowest BCUT2D eigenvalue weighted by atomic mass is 9.79. The maximum Gasteiger partial charge on any atom is 0.229 e. The zero-order valence-electron chi connectivity index (χ0n) is 20.0. The first-order valence-electron chi connectivity index (χ1n) is 11.3. The van der Waals surface area contributed by atoms with Crippen LogP contribution in [0.5, 0.6) is 0 Å². The molecule has 3 aromatic rings. The van der Waals surface area contributed by atoms with E-state index >= 15 is 0 Å². The van der Waals surface area contributed by atoms with Crippen molar-refractivity contribution in [2.24, 2.45) is 0 Å². The first kappa shape index (κ1) is 23.0. The highest BCUT2D eigenvalue weighted by Crippen LogP contribution is 2.31. The second-order valence-corrected chi connectivity index (χ2v) is 10.3. The molecular formula is C23H32FN9. The Bertz CT molecular complexity index is 1110. The summed E-state index contributed by atoms with van der Waals surface area (Å²) in [6, 6.07) is 7.87. The Morgan fingerprint density at radius 3 is 2.58 bits per heavy atom. The zero-order chi connectivity index (χ0) is 23.8. The van der Waals surface area contributed by atoms with E-state index in [2.05, 4.69) is 69.1 Å². The Morgan fingerprint density at radius 1 is 1.15 bits per heavy atom. The molecule has 0 bridgehead atoms. The third-order valence-electron chi connectivity index (χ3n) is 5.63. The summed E-state index contributed by atoms with van der Waals surface area (Å²) >= 11 is 0.